The first kappa shape index (κ1) is 16.5. The van der Waals surface area contributed by atoms with Crippen LogP contribution in [0.2, 0.25) is 0 Å². The Labute approximate surface area is 155 Å². The number of aryl methyl sites for hydroxylation is 1. The van der Waals surface area contributed by atoms with Crippen molar-refractivity contribution in [2.24, 2.45) is 0 Å². The summed E-state index contributed by atoms with van der Waals surface area (Å²) in [7, 11) is 0. The molecule has 0 spiro atoms. The van der Waals surface area contributed by atoms with Gasteiger partial charge in [-0.05, 0) is 23.6 Å². The molecule has 4 aromatic rings. The fraction of sp³-hybridized carbons (Fsp3) is 0.150. The fourth-order valence-corrected chi connectivity index (χ4v) is 3.55. The van der Waals surface area contributed by atoms with Crippen molar-refractivity contribution >= 4 is 28.1 Å². The zero-order valence-electron chi connectivity index (χ0n) is 14.3. The van der Waals surface area contributed by atoms with Gasteiger partial charge in [-0.15, -0.1) is 11.3 Å². The van der Waals surface area contributed by atoms with Crippen LogP contribution in [0.5, 0.6) is 0 Å². The van der Waals surface area contributed by atoms with Crippen LogP contribution in [0.4, 0.5) is 0 Å². The van der Waals surface area contributed by atoms with E-state index in [1.807, 2.05) is 18.2 Å². The molecule has 2 N–H and O–H groups in total. The molecule has 130 valence electrons. The van der Waals surface area contributed by atoms with E-state index in [0.29, 0.717) is 12.1 Å². The van der Waals surface area contributed by atoms with Crippen molar-refractivity contribution in [2.45, 2.75) is 19.9 Å². The lowest BCUT2D eigenvalue weighted by atomic mass is 10.1. The van der Waals surface area contributed by atoms with Gasteiger partial charge in [0.2, 0.25) is 0 Å². The van der Waals surface area contributed by atoms with Gasteiger partial charge in [0.1, 0.15) is 5.69 Å². The summed E-state index contributed by atoms with van der Waals surface area (Å²) in [6.07, 6.45) is 2.80. The van der Waals surface area contributed by atoms with Gasteiger partial charge in [-0.25, -0.2) is 0 Å². The summed E-state index contributed by atoms with van der Waals surface area (Å²) < 4.78 is 0. The van der Waals surface area contributed by atoms with E-state index in [9.17, 15) is 4.79 Å². The highest BCUT2D eigenvalue weighted by atomic mass is 32.1. The van der Waals surface area contributed by atoms with Gasteiger partial charge in [0, 0.05) is 18.1 Å². The van der Waals surface area contributed by atoms with E-state index in [4.69, 9.17) is 0 Å². The van der Waals surface area contributed by atoms with Gasteiger partial charge in [0.05, 0.1) is 21.5 Å². The molecule has 1 amide bonds. The molecule has 0 aliphatic rings. The number of aromatic amines is 1. The number of nitrogens with one attached hydrogen (secondary N) is 2. The highest BCUT2D eigenvalue weighted by Gasteiger charge is 2.16. The summed E-state index contributed by atoms with van der Waals surface area (Å²) in [6.45, 7) is 2.62. The second-order valence-electron chi connectivity index (χ2n) is 6.02. The van der Waals surface area contributed by atoms with Crippen LogP contribution in [0.1, 0.15) is 28.4 Å². The monoisotopic (exact) mass is 362 g/mol. The van der Waals surface area contributed by atoms with E-state index in [1.165, 1.54) is 16.9 Å². The van der Waals surface area contributed by atoms with Gasteiger partial charge in [-0.1, -0.05) is 43.3 Å². The molecule has 0 fully saturated rings. The summed E-state index contributed by atoms with van der Waals surface area (Å²) in [5.41, 5.74) is 6.31. The Morgan fingerprint density at radius 3 is 2.69 bits per heavy atom. The van der Waals surface area contributed by atoms with Crippen LogP contribution in [0.15, 0.2) is 54.2 Å². The van der Waals surface area contributed by atoms with Crippen molar-refractivity contribution in [2.75, 3.05) is 0 Å². The van der Waals surface area contributed by atoms with E-state index in [2.05, 4.69) is 51.7 Å². The molecule has 0 aliphatic heterocycles. The normalized spacial score (nSPS) is 11.0. The Morgan fingerprint density at radius 2 is 1.96 bits per heavy atom. The minimum absolute atomic E-state index is 0.116. The summed E-state index contributed by atoms with van der Waals surface area (Å²) in [5, 5.41) is 11.3. The number of aromatic nitrogens is 3. The Morgan fingerprint density at radius 1 is 1.15 bits per heavy atom. The van der Waals surface area contributed by atoms with Gasteiger partial charge in [0.25, 0.3) is 5.91 Å². The molecular weight excluding hydrogens is 344 g/mol. The first-order valence-corrected chi connectivity index (χ1v) is 9.36. The number of carbonyl (C=O) groups is 1. The SMILES string of the molecule is CCc1ccc(CNC(=O)c2cccc3c(-c4cncs4)n[nH]c23)cc1. The number of thiazole rings is 1. The van der Waals surface area contributed by atoms with E-state index in [0.717, 1.165) is 33.5 Å². The Kier molecular flexibility index (Phi) is 4.50. The second kappa shape index (κ2) is 7.09. The maximum absolute atomic E-state index is 12.7. The van der Waals surface area contributed by atoms with E-state index in [1.54, 1.807) is 11.7 Å². The summed E-state index contributed by atoms with van der Waals surface area (Å²) in [6, 6.07) is 14.0. The molecule has 0 radical (unpaired) electrons. The molecule has 2 aromatic heterocycles. The molecule has 0 atom stereocenters. The van der Waals surface area contributed by atoms with Gasteiger partial charge < -0.3 is 5.32 Å². The number of amides is 1. The van der Waals surface area contributed by atoms with Crippen molar-refractivity contribution in [3.63, 3.8) is 0 Å². The number of nitrogens with zero attached hydrogens (tertiary/aromatic N) is 2. The molecule has 6 heteroatoms. The first-order chi connectivity index (χ1) is 12.8. The minimum atomic E-state index is -0.116. The highest BCUT2D eigenvalue weighted by molar-refractivity contribution is 7.13. The van der Waals surface area contributed by atoms with Crippen LogP contribution in [0.25, 0.3) is 21.5 Å². The minimum Gasteiger partial charge on any atom is -0.348 e. The van der Waals surface area contributed by atoms with Crippen LogP contribution >= 0.6 is 11.3 Å². The predicted molar refractivity (Wildman–Crippen MR) is 104 cm³/mol. The van der Waals surface area contributed by atoms with E-state index in [-0.39, 0.29) is 5.91 Å². The van der Waals surface area contributed by atoms with Crippen molar-refractivity contribution in [3.8, 4) is 10.6 Å². The fourth-order valence-electron chi connectivity index (χ4n) is 2.92. The second-order valence-corrected chi connectivity index (χ2v) is 6.91. The molecule has 26 heavy (non-hydrogen) atoms. The standard InChI is InChI=1S/C20H18N4OS/c1-2-13-6-8-14(9-7-13)10-22-20(25)16-5-3-4-15-18(16)23-24-19(15)17-11-21-12-26-17/h3-9,11-12H,2,10H2,1H3,(H,22,25)(H,23,24). The van der Waals surface area contributed by atoms with Crippen LogP contribution in [0.3, 0.4) is 0 Å². The zero-order valence-corrected chi connectivity index (χ0v) is 15.1. The Balaban J connectivity index is 1.57. The van der Waals surface area contributed by atoms with Gasteiger partial charge in [-0.2, -0.15) is 5.10 Å². The Hall–Kier alpha value is -2.99. The molecule has 2 heterocycles. The zero-order chi connectivity index (χ0) is 17.9. The van der Waals surface area contributed by atoms with Gasteiger partial charge in [0.15, 0.2) is 0 Å². The molecule has 5 nitrogen and oxygen atoms in total. The molecule has 2 aromatic carbocycles. The molecular formula is C20H18N4OS. The number of H-pyrrole nitrogens is 1. The summed E-state index contributed by atoms with van der Waals surface area (Å²) in [4.78, 5) is 17.8. The van der Waals surface area contributed by atoms with Crippen molar-refractivity contribution in [1.82, 2.24) is 20.5 Å². The lowest BCUT2D eigenvalue weighted by Gasteiger charge is -2.07. The number of fused-ring (bicyclic) bond motifs is 1. The number of hydrogen-bond donors (Lipinski definition) is 2. The lowest BCUT2D eigenvalue weighted by molar-refractivity contribution is 0.0952. The Bertz CT molecular complexity index is 1040. The third-order valence-electron chi connectivity index (χ3n) is 4.39. The quantitative estimate of drug-likeness (QED) is 0.559. The third kappa shape index (κ3) is 3.11. The van der Waals surface area contributed by atoms with Crippen molar-refractivity contribution < 1.29 is 4.79 Å². The maximum atomic E-state index is 12.7. The van der Waals surface area contributed by atoms with Crippen LogP contribution in [-0.2, 0) is 13.0 Å². The molecule has 0 unspecified atom stereocenters. The lowest BCUT2D eigenvalue weighted by Crippen LogP contribution is -2.23. The van der Waals surface area contributed by atoms with Crippen LogP contribution < -0.4 is 5.32 Å². The average molecular weight is 362 g/mol. The number of carbonyl (C=O) groups excluding carboxylic acids is 1. The molecule has 0 aliphatic carbocycles. The smallest absolute Gasteiger partial charge is 0.253 e. The van der Waals surface area contributed by atoms with Crippen molar-refractivity contribution in [1.29, 1.82) is 0 Å². The summed E-state index contributed by atoms with van der Waals surface area (Å²) >= 11 is 1.53. The van der Waals surface area contributed by atoms with Crippen LogP contribution in [-0.4, -0.2) is 21.1 Å². The van der Waals surface area contributed by atoms with Gasteiger partial charge in [-0.3, -0.25) is 14.9 Å². The van der Waals surface area contributed by atoms with E-state index < -0.39 is 0 Å². The summed E-state index contributed by atoms with van der Waals surface area (Å²) in [5.74, 6) is -0.116. The molecule has 4 rings (SSSR count). The number of benzene rings is 2. The number of para-hydroxylation sites is 1. The molecule has 0 saturated heterocycles. The molecule has 0 bridgehead atoms. The highest BCUT2D eigenvalue weighted by Crippen LogP contribution is 2.30. The topological polar surface area (TPSA) is 70.7 Å². The first-order valence-electron chi connectivity index (χ1n) is 8.48. The molecule has 0 saturated carbocycles. The average Bonchev–Trinajstić information content (AvgIpc) is 3.35. The van der Waals surface area contributed by atoms with Crippen LogP contribution in [0, 0.1) is 0 Å². The number of rotatable bonds is 5. The predicted octanol–water partition coefficient (Wildman–Crippen LogP) is 4.18. The largest absolute Gasteiger partial charge is 0.348 e. The number of hydrogen-bond acceptors (Lipinski definition) is 4. The maximum Gasteiger partial charge on any atom is 0.253 e. The van der Waals surface area contributed by atoms with E-state index >= 15 is 0 Å². The van der Waals surface area contributed by atoms with Gasteiger partial charge >= 0.3 is 0 Å². The van der Waals surface area contributed by atoms with Crippen molar-refractivity contribution in [3.05, 3.63) is 70.9 Å². The third-order valence-corrected chi connectivity index (χ3v) is 5.17.